The van der Waals surface area contributed by atoms with E-state index in [1.54, 1.807) is 7.11 Å². The Morgan fingerprint density at radius 2 is 1.94 bits per heavy atom. The molecule has 0 aromatic heterocycles. The van der Waals surface area contributed by atoms with E-state index in [4.69, 9.17) is 10.6 Å². The highest BCUT2D eigenvalue weighted by Crippen LogP contribution is 2.21. The third-order valence-corrected chi connectivity index (χ3v) is 3.54. The van der Waals surface area contributed by atoms with E-state index in [0.29, 0.717) is 0 Å². The van der Waals surface area contributed by atoms with E-state index in [1.165, 1.54) is 11.1 Å². The number of hydrazine groups is 1. The molecule has 0 spiro atoms. The molecule has 4 nitrogen and oxygen atoms in total. The molecule has 18 heavy (non-hydrogen) atoms. The molecule has 1 heterocycles. The first-order chi connectivity index (χ1) is 8.72. The molecule has 1 aliphatic heterocycles. The number of rotatable bonds is 4. The first-order valence-electron chi connectivity index (χ1n) is 6.60. The van der Waals surface area contributed by atoms with Crippen LogP contribution in [0.1, 0.15) is 18.1 Å². The van der Waals surface area contributed by atoms with Gasteiger partial charge in [-0.3, -0.25) is 10.7 Å². The Morgan fingerprint density at radius 3 is 2.56 bits per heavy atom. The van der Waals surface area contributed by atoms with Crippen molar-refractivity contribution in [3.63, 3.8) is 0 Å². The number of aryl methyl sites for hydroxylation is 1. The second-order valence-corrected chi connectivity index (χ2v) is 4.81. The van der Waals surface area contributed by atoms with Gasteiger partial charge in [0.15, 0.2) is 0 Å². The zero-order valence-electron chi connectivity index (χ0n) is 11.4. The molecule has 100 valence electrons. The second-order valence-electron chi connectivity index (χ2n) is 4.81. The lowest BCUT2D eigenvalue weighted by atomic mass is 10.1. The van der Waals surface area contributed by atoms with Crippen molar-refractivity contribution < 1.29 is 4.74 Å². The van der Waals surface area contributed by atoms with Crippen LogP contribution in [0, 0.1) is 0 Å². The van der Waals surface area contributed by atoms with Crippen molar-refractivity contribution in [2.45, 2.75) is 19.9 Å². The highest BCUT2D eigenvalue weighted by molar-refractivity contribution is 5.37. The lowest BCUT2D eigenvalue weighted by Gasteiger charge is -2.32. The van der Waals surface area contributed by atoms with E-state index in [2.05, 4.69) is 30.0 Å². The number of piperazine rings is 1. The van der Waals surface area contributed by atoms with Crippen LogP contribution in [0.2, 0.25) is 0 Å². The fourth-order valence-electron chi connectivity index (χ4n) is 2.39. The van der Waals surface area contributed by atoms with E-state index in [9.17, 15) is 0 Å². The van der Waals surface area contributed by atoms with Gasteiger partial charge < -0.3 is 4.74 Å². The molecule has 0 atom stereocenters. The third-order valence-electron chi connectivity index (χ3n) is 3.54. The summed E-state index contributed by atoms with van der Waals surface area (Å²) in [5.74, 6) is 6.76. The quantitative estimate of drug-likeness (QED) is 0.816. The van der Waals surface area contributed by atoms with Crippen molar-refractivity contribution in [1.82, 2.24) is 9.91 Å². The summed E-state index contributed by atoms with van der Waals surface area (Å²) < 4.78 is 5.36. The minimum Gasteiger partial charge on any atom is -0.496 e. The van der Waals surface area contributed by atoms with Crippen LogP contribution in [-0.2, 0) is 13.0 Å². The van der Waals surface area contributed by atoms with Crippen molar-refractivity contribution >= 4 is 0 Å². The van der Waals surface area contributed by atoms with Crippen LogP contribution in [0.25, 0.3) is 0 Å². The van der Waals surface area contributed by atoms with Gasteiger partial charge in [-0.1, -0.05) is 19.1 Å². The molecular weight excluding hydrogens is 226 g/mol. The molecule has 2 rings (SSSR count). The van der Waals surface area contributed by atoms with Gasteiger partial charge in [-0.25, -0.2) is 5.01 Å². The molecular formula is C14H23N3O. The van der Waals surface area contributed by atoms with Crippen LogP contribution >= 0.6 is 0 Å². The maximum absolute atomic E-state index is 5.76. The average Bonchev–Trinajstić information content (AvgIpc) is 2.41. The number of nitrogens with zero attached hydrogens (tertiary/aromatic N) is 2. The lowest BCUT2D eigenvalue weighted by Crippen LogP contribution is -2.48. The summed E-state index contributed by atoms with van der Waals surface area (Å²) in [5, 5.41) is 1.89. The van der Waals surface area contributed by atoms with Gasteiger partial charge in [0.25, 0.3) is 0 Å². The minimum absolute atomic E-state index is 0.955. The summed E-state index contributed by atoms with van der Waals surface area (Å²) in [6.07, 6.45) is 1.01. The normalized spacial score (nSPS) is 17.9. The van der Waals surface area contributed by atoms with Gasteiger partial charge in [-0.2, -0.15) is 0 Å². The fourth-order valence-corrected chi connectivity index (χ4v) is 2.39. The average molecular weight is 249 g/mol. The van der Waals surface area contributed by atoms with E-state index in [0.717, 1.165) is 44.9 Å². The Balaban J connectivity index is 2.01. The molecule has 0 saturated carbocycles. The van der Waals surface area contributed by atoms with E-state index >= 15 is 0 Å². The molecule has 2 N–H and O–H groups in total. The molecule has 0 amide bonds. The Hall–Kier alpha value is -1.10. The smallest absolute Gasteiger partial charge is 0.122 e. The van der Waals surface area contributed by atoms with Crippen LogP contribution in [-0.4, -0.2) is 43.2 Å². The zero-order valence-corrected chi connectivity index (χ0v) is 11.4. The maximum Gasteiger partial charge on any atom is 0.122 e. The number of nitrogens with two attached hydrogens (primary N) is 1. The Kier molecular flexibility index (Phi) is 4.58. The Morgan fingerprint density at radius 1 is 1.22 bits per heavy atom. The standard InChI is InChI=1S/C14H23N3O/c1-3-13-10-12(4-5-14(13)18-2)11-16-6-8-17(15)9-7-16/h4-5,10H,3,6-9,11,15H2,1-2H3. The monoisotopic (exact) mass is 249 g/mol. The molecule has 1 aromatic rings. The van der Waals surface area contributed by atoms with Gasteiger partial charge in [0.05, 0.1) is 7.11 Å². The van der Waals surface area contributed by atoms with E-state index in [1.807, 2.05) is 5.01 Å². The highest BCUT2D eigenvalue weighted by Gasteiger charge is 2.14. The van der Waals surface area contributed by atoms with Gasteiger partial charge in [-0.15, -0.1) is 0 Å². The van der Waals surface area contributed by atoms with Crippen molar-refractivity contribution in [3.05, 3.63) is 29.3 Å². The molecule has 4 heteroatoms. The van der Waals surface area contributed by atoms with E-state index < -0.39 is 0 Å². The van der Waals surface area contributed by atoms with Gasteiger partial charge in [0.1, 0.15) is 5.75 Å². The van der Waals surface area contributed by atoms with Gasteiger partial charge in [-0.05, 0) is 23.6 Å². The third kappa shape index (κ3) is 3.22. The second kappa shape index (κ2) is 6.18. The van der Waals surface area contributed by atoms with E-state index in [-0.39, 0.29) is 0 Å². The number of ether oxygens (including phenoxy) is 1. The summed E-state index contributed by atoms with van der Waals surface area (Å²) in [6.45, 7) is 7.17. The molecule has 0 radical (unpaired) electrons. The number of hydrogen-bond donors (Lipinski definition) is 1. The number of hydrogen-bond acceptors (Lipinski definition) is 4. The molecule has 0 aliphatic carbocycles. The minimum atomic E-state index is 0.955. The lowest BCUT2D eigenvalue weighted by molar-refractivity contribution is 0.128. The SMILES string of the molecule is CCc1cc(CN2CCN(N)CC2)ccc1OC. The summed E-state index contributed by atoms with van der Waals surface area (Å²) in [6, 6.07) is 6.49. The molecule has 1 aliphatic rings. The van der Waals surface area contributed by atoms with Crippen LogP contribution < -0.4 is 10.6 Å². The topological polar surface area (TPSA) is 41.7 Å². The molecule has 0 unspecified atom stereocenters. The van der Waals surface area contributed by atoms with Crippen LogP contribution in [0.5, 0.6) is 5.75 Å². The maximum atomic E-state index is 5.76. The van der Waals surface area contributed by atoms with Crippen LogP contribution in [0.15, 0.2) is 18.2 Å². The summed E-state index contributed by atoms with van der Waals surface area (Å²) in [4.78, 5) is 2.45. The van der Waals surface area contributed by atoms with Gasteiger partial charge >= 0.3 is 0 Å². The Labute approximate surface area is 109 Å². The first kappa shape index (κ1) is 13.3. The Bertz CT molecular complexity index is 387. The fraction of sp³-hybridized carbons (Fsp3) is 0.571. The summed E-state index contributed by atoms with van der Waals surface area (Å²) in [5.41, 5.74) is 2.64. The summed E-state index contributed by atoms with van der Waals surface area (Å²) in [7, 11) is 1.73. The number of benzene rings is 1. The molecule has 1 fully saturated rings. The highest BCUT2D eigenvalue weighted by atomic mass is 16.5. The predicted molar refractivity (Wildman–Crippen MR) is 73.4 cm³/mol. The largest absolute Gasteiger partial charge is 0.496 e. The zero-order chi connectivity index (χ0) is 13.0. The van der Waals surface area contributed by atoms with Crippen molar-refractivity contribution in [2.75, 3.05) is 33.3 Å². The predicted octanol–water partition coefficient (Wildman–Crippen LogP) is 1.25. The summed E-state index contributed by atoms with van der Waals surface area (Å²) >= 11 is 0. The molecule has 1 saturated heterocycles. The van der Waals surface area contributed by atoms with Crippen molar-refractivity contribution in [3.8, 4) is 5.75 Å². The van der Waals surface area contributed by atoms with Crippen LogP contribution in [0.4, 0.5) is 0 Å². The van der Waals surface area contributed by atoms with Crippen molar-refractivity contribution in [2.24, 2.45) is 5.84 Å². The van der Waals surface area contributed by atoms with Gasteiger partial charge in [0, 0.05) is 32.7 Å². The first-order valence-corrected chi connectivity index (χ1v) is 6.60. The molecule has 1 aromatic carbocycles. The van der Waals surface area contributed by atoms with Crippen molar-refractivity contribution in [1.29, 1.82) is 0 Å². The van der Waals surface area contributed by atoms with Crippen LogP contribution in [0.3, 0.4) is 0 Å². The molecule has 0 bridgehead atoms. The van der Waals surface area contributed by atoms with Gasteiger partial charge in [0.2, 0.25) is 0 Å². The number of methoxy groups -OCH3 is 1.